The van der Waals surface area contributed by atoms with Crippen LogP contribution in [0.1, 0.15) is 23.0 Å². The number of hydrogen-bond acceptors (Lipinski definition) is 4. The average molecular weight is 376 g/mol. The van der Waals surface area contributed by atoms with E-state index in [1.165, 1.54) is 19.1 Å². The minimum Gasteiger partial charge on any atom is -0.447 e. The van der Waals surface area contributed by atoms with Gasteiger partial charge in [0.1, 0.15) is 0 Å². The number of furan rings is 1. The monoisotopic (exact) mass is 375 g/mol. The number of ether oxygens (including phenoxy) is 1. The molecule has 0 unspecified atom stereocenters. The lowest BCUT2D eigenvalue weighted by Gasteiger charge is -2.13. The van der Waals surface area contributed by atoms with Crippen molar-refractivity contribution in [3.05, 3.63) is 64.6 Å². The van der Waals surface area contributed by atoms with Crippen molar-refractivity contribution in [2.75, 3.05) is 5.32 Å². The Morgan fingerprint density at radius 1 is 1.19 bits per heavy atom. The highest BCUT2D eigenvalue weighted by molar-refractivity contribution is 6.33. The Morgan fingerprint density at radius 3 is 2.62 bits per heavy atom. The Morgan fingerprint density at radius 2 is 1.92 bits per heavy atom. The van der Waals surface area contributed by atoms with Gasteiger partial charge in [0.15, 0.2) is 17.5 Å². The van der Waals surface area contributed by atoms with Gasteiger partial charge in [-0.15, -0.1) is 0 Å². The van der Waals surface area contributed by atoms with Crippen LogP contribution in [0.3, 0.4) is 0 Å². The van der Waals surface area contributed by atoms with Gasteiger partial charge in [-0.2, -0.15) is 0 Å². The second-order valence-electron chi connectivity index (χ2n) is 5.69. The molecule has 0 radical (unpaired) electrons. The van der Waals surface area contributed by atoms with E-state index >= 15 is 0 Å². The Balaban J connectivity index is 1.75. The summed E-state index contributed by atoms with van der Waals surface area (Å²) >= 11 is 5.98. The number of amides is 1. The predicted octanol–water partition coefficient (Wildman–Crippen LogP) is 4.72. The minimum atomic E-state index is -1.10. The molecule has 1 heterocycles. The number of carbonyl (C=O) groups excluding carboxylic acids is 2. The fourth-order valence-corrected chi connectivity index (χ4v) is 2.65. The number of fused-ring (bicyclic) bond motifs is 1. The molecule has 2 aromatic carbocycles. The van der Waals surface area contributed by atoms with Crippen molar-refractivity contribution in [1.29, 1.82) is 0 Å². The van der Waals surface area contributed by atoms with E-state index in [1.807, 2.05) is 0 Å². The van der Waals surface area contributed by atoms with Crippen LogP contribution in [0.5, 0.6) is 0 Å². The van der Waals surface area contributed by atoms with Gasteiger partial charge >= 0.3 is 5.97 Å². The number of para-hydroxylation sites is 2. The van der Waals surface area contributed by atoms with Crippen LogP contribution in [0.25, 0.3) is 11.0 Å². The van der Waals surface area contributed by atoms with Crippen LogP contribution in [0.2, 0.25) is 5.02 Å². The number of hydrogen-bond donors (Lipinski definition) is 1. The van der Waals surface area contributed by atoms with Crippen molar-refractivity contribution in [2.24, 2.45) is 0 Å². The molecular formula is C19H15ClFNO4. The zero-order valence-electron chi connectivity index (χ0n) is 14.0. The first kappa shape index (κ1) is 17.9. The Labute approximate surface area is 153 Å². The highest BCUT2D eigenvalue weighted by Gasteiger charge is 2.25. The van der Waals surface area contributed by atoms with Crippen LogP contribution in [-0.4, -0.2) is 18.0 Å². The molecule has 134 valence electrons. The number of aryl methyl sites for hydroxylation is 1. The number of rotatable bonds is 4. The molecule has 1 amide bonds. The van der Waals surface area contributed by atoms with E-state index in [9.17, 15) is 14.0 Å². The average Bonchev–Trinajstić information content (AvgIpc) is 2.95. The number of benzene rings is 2. The first-order chi connectivity index (χ1) is 12.4. The first-order valence-corrected chi connectivity index (χ1v) is 8.20. The second-order valence-corrected chi connectivity index (χ2v) is 6.10. The molecule has 3 rings (SSSR count). The summed E-state index contributed by atoms with van der Waals surface area (Å²) in [6.07, 6.45) is -1.10. The van der Waals surface area contributed by atoms with Crippen molar-refractivity contribution < 1.29 is 23.1 Å². The van der Waals surface area contributed by atoms with Gasteiger partial charge in [-0.3, -0.25) is 4.79 Å². The fraction of sp³-hybridized carbons (Fsp3) is 0.158. The number of halogens is 2. The molecule has 26 heavy (non-hydrogen) atoms. The van der Waals surface area contributed by atoms with Gasteiger partial charge in [-0.25, -0.2) is 9.18 Å². The summed E-state index contributed by atoms with van der Waals surface area (Å²) in [6, 6.07) is 11.1. The third kappa shape index (κ3) is 3.41. The molecule has 0 spiro atoms. The van der Waals surface area contributed by atoms with E-state index in [4.69, 9.17) is 20.8 Å². The molecular weight excluding hydrogens is 361 g/mol. The van der Waals surface area contributed by atoms with Crippen molar-refractivity contribution in [3.8, 4) is 0 Å². The summed E-state index contributed by atoms with van der Waals surface area (Å²) in [7, 11) is 0. The van der Waals surface area contributed by atoms with Gasteiger partial charge < -0.3 is 14.5 Å². The zero-order chi connectivity index (χ0) is 18.8. The maximum Gasteiger partial charge on any atom is 0.375 e. The largest absolute Gasteiger partial charge is 0.447 e. The fourth-order valence-electron chi connectivity index (χ4n) is 2.47. The highest BCUT2D eigenvalue weighted by Crippen LogP contribution is 2.28. The van der Waals surface area contributed by atoms with Gasteiger partial charge in [-0.1, -0.05) is 35.9 Å². The molecule has 0 fully saturated rings. The van der Waals surface area contributed by atoms with Crippen molar-refractivity contribution >= 4 is 40.1 Å². The van der Waals surface area contributed by atoms with Crippen molar-refractivity contribution in [1.82, 2.24) is 0 Å². The standard InChI is InChI=1S/C19H15ClFNO4/c1-10-12-6-5-8-14(21)17(12)26-16(10)19(24)25-11(2)18(23)22-15-9-4-3-7-13(15)20/h3-9,11H,1-2H3,(H,22,23)/t11-/m1/s1. The molecule has 0 aliphatic carbocycles. The molecule has 0 bridgehead atoms. The number of nitrogens with one attached hydrogen (secondary N) is 1. The van der Waals surface area contributed by atoms with Crippen LogP contribution in [0, 0.1) is 12.7 Å². The topological polar surface area (TPSA) is 68.5 Å². The molecule has 5 nitrogen and oxygen atoms in total. The molecule has 0 aliphatic rings. The Hall–Kier alpha value is -2.86. The van der Waals surface area contributed by atoms with Crippen LogP contribution in [0.4, 0.5) is 10.1 Å². The smallest absolute Gasteiger partial charge is 0.375 e. The molecule has 3 aromatic rings. The van der Waals surface area contributed by atoms with E-state index in [-0.39, 0.29) is 11.3 Å². The van der Waals surface area contributed by atoms with Crippen LogP contribution < -0.4 is 5.32 Å². The predicted molar refractivity (Wildman–Crippen MR) is 95.9 cm³/mol. The number of esters is 1. The number of carbonyl (C=O) groups is 2. The van der Waals surface area contributed by atoms with E-state index in [0.717, 1.165) is 0 Å². The highest BCUT2D eigenvalue weighted by atomic mass is 35.5. The summed E-state index contributed by atoms with van der Waals surface area (Å²) < 4.78 is 24.2. The van der Waals surface area contributed by atoms with Crippen molar-refractivity contribution in [3.63, 3.8) is 0 Å². The molecule has 1 aromatic heterocycles. The summed E-state index contributed by atoms with van der Waals surface area (Å²) in [4.78, 5) is 24.5. The molecule has 1 N–H and O–H groups in total. The quantitative estimate of drug-likeness (QED) is 0.670. The molecule has 0 saturated carbocycles. The lowest BCUT2D eigenvalue weighted by Crippen LogP contribution is -2.30. The molecule has 1 atom stereocenters. The molecule has 0 aliphatic heterocycles. The minimum absolute atomic E-state index is 0.0230. The van der Waals surface area contributed by atoms with Gasteiger partial charge in [0.2, 0.25) is 5.76 Å². The zero-order valence-corrected chi connectivity index (χ0v) is 14.8. The van der Waals surface area contributed by atoms with E-state index in [1.54, 1.807) is 37.3 Å². The third-order valence-electron chi connectivity index (χ3n) is 3.89. The van der Waals surface area contributed by atoms with Gasteiger partial charge in [-0.05, 0) is 32.0 Å². The van der Waals surface area contributed by atoms with Crippen molar-refractivity contribution in [2.45, 2.75) is 20.0 Å². The van der Waals surface area contributed by atoms with E-state index in [0.29, 0.717) is 21.7 Å². The Bertz CT molecular complexity index is 998. The summed E-state index contributed by atoms with van der Waals surface area (Å²) in [5, 5.41) is 3.42. The lowest BCUT2D eigenvalue weighted by molar-refractivity contribution is -0.123. The van der Waals surface area contributed by atoms with Gasteiger partial charge in [0.05, 0.1) is 10.7 Å². The van der Waals surface area contributed by atoms with Gasteiger partial charge in [0.25, 0.3) is 5.91 Å². The maximum atomic E-state index is 13.8. The number of anilines is 1. The molecule has 7 heteroatoms. The van der Waals surface area contributed by atoms with Crippen LogP contribution in [0.15, 0.2) is 46.9 Å². The molecule has 0 saturated heterocycles. The lowest BCUT2D eigenvalue weighted by atomic mass is 10.1. The maximum absolute atomic E-state index is 13.8. The summed E-state index contributed by atoms with van der Waals surface area (Å²) in [5.41, 5.74) is 0.831. The Kier molecular flexibility index (Phi) is 4.95. The van der Waals surface area contributed by atoms with E-state index in [2.05, 4.69) is 5.32 Å². The first-order valence-electron chi connectivity index (χ1n) is 7.82. The van der Waals surface area contributed by atoms with Crippen LogP contribution >= 0.6 is 11.6 Å². The SMILES string of the molecule is Cc1c(C(=O)O[C@H](C)C(=O)Nc2ccccc2Cl)oc2c(F)cccc12. The normalized spacial score (nSPS) is 12.0. The van der Waals surface area contributed by atoms with Crippen LogP contribution in [-0.2, 0) is 9.53 Å². The second kappa shape index (κ2) is 7.17. The van der Waals surface area contributed by atoms with Gasteiger partial charge in [0, 0.05) is 10.9 Å². The summed E-state index contributed by atoms with van der Waals surface area (Å²) in [6.45, 7) is 3.04. The summed E-state index contributed by atoms with van der Waals surface area (Å²) in [5.74, 6) is -2.11. The third-order valence-corrected chi connectivity index (χ3v) is 4.22. The van der Waals surface area contributed by atoms with E-state index < -0.39 is 23.8 Å².